The second-order valence-corrected chi connectivity index (χ2v) is 3.62. The van der Waals surface area contributed by atoms with Crippen molar-refractivity contribution in [3.05, 3.63) is 36.4 Å². The first-order valence-electron chi connectivity index (χ1n) is 5.14. The lowest BCUT2D eigenvalue weighted by molar-refractivity contribution is -0.130. The molecule has 0 aliphatic rings. The zero-order valence-corrected chi connectivity index (χ0v) is 10.1. The van der Waals surface area contributed by atoms with Gasteiger partial charge in [0.2, 0.25) is 5.91 Å². The summed E-state index contributed by atoms with van der Waals surface area (Å²) in [4.78, 5) is 23.4. The lowest BCUT2D eigenvalue weighted by Gasteiger charge is -2.12. The van der Waals surface area contributed by atoms with Crippen LogP contribution in [0.2, 0.25) is 0 Å². The van der Waals surface area contributed by atoms with E-state index < -0.39 is 11.9 Å². The molecule has 0 spiro atoms. The van der Waals surface area contributed by atoms with E-state index in [2.05, 4.69) is 6.58 Å². The lowest BCUT2D eigenvalue weighted by atomic mass is 10.2. The predicted octanol–water partition coefficient (Wildman–Crippen LogP) is 2.00. The molecule has 5 nitrogen and oxygen atoms in total. The van der Waals surface area contributed by atoms with Crippen LogP contribution in [-0.2, 0) is 9.59 Å². The summed E-state index contributed by atoms with van der Waals surface area (Å²) >= 11 is 0. The second kappa shape index (κ2) is 5.64. The molecule has 0 saturated carbocycles. The molecule has 1 rings (SSSR count). The smallest absolute Gasteiger partial charge is 0.338 e. The summed E-state index contributed by atoms with van der Waals surface area (Å²) in [5.41, 5.74) is 0.612. The van der Waals surface area contributed by atoms with Gasteiger partial charge in [0, 0.05) is 18.6 Å². The fraction of sp³-hybridized carbons (Fsp3) is 0.154. The number of ether oxygens (including phenoxy) is 1. The fourth-order valence-electron chi connectivity index (χ4n) is 1.19. The molecule has 0 fully saturated rings. The highest BCUT2D eigenvalue weighted by molar-refractivity contribution is 5.94. The minimum Gasteiger partial charge on any atom is -0.423 e. The molecule has 0 atom stereocenters. The SMILES string of the molecule is C=C(C)C(=O)Oc1cccc(N(C#N)C(C)=O)c1. The van der Waals surface area contributed by atoms with Gasteiger partial charge >= 0.3 is 5.97 Å². The number of carbonyl (C=O) groups excluding carboxylic acids is 2. The van der Waals surface area contributed by atoms with Crippen molar-refractivity contribution in [1.29, 1.82) is 5.26 Å². The zero-order valence-electron chi connectivity index (χ0n) is 10.1. The molecule has 0 radical (unpaired) electrons. The van der Waals surface area contributed by atoms with Crippen molar-refractivity contribution in [2.24, 2.45) is 0 Å². The van der Waals surface area contributed by atoms with E-state index in [0.717, 1.165) is 4.90 Å². The fourth-order valence-corrected chi connectivity index (χ4v) is 1.19. The van der Waals surface area contributed by atoms with E-state index in [-0.39, 0.29) is 11.3 Å². The lowest BCUT2D eigenvalue weighted by Crippen LogP contribution is -2.22. The number of esters is 1. The third kappa shape index (κ3) is 3.19. The number of rotatable bonds is 3. The Hall–Kier alpha value is -2.61. The third-order valence-electron chi connectivity index (χ3n) is 2.05. The van der Waals surface area contributed by atoms with Crippen LogP contribution in [0, 0.1) is 11.5 Å². The number of nitriles is 1. The monoisotopic (exact) mass is 244 g/mol. The average molecular weight is 244 g/mol. The minimum atomic E-state index is -0.557. The van der Waals surface area contributed by atoms with Crippen molar-refractivity contribution in [2.75, 3.05) is 4.90 Å². The van der Waals surface area contributed by atoms with Gasteiger partial charge in [-0.3, -0.25) is 4.79 Å². The number of nitrogens with zero attached hydrogens (tertiary/aromatic N) is 2. The maximum atomic E-state index is 11.3. The summed E-state index contributed by atoms with van der Waals surface area (Å²) in [6.45, 7) is 6.27. The van der Waals surface area contributed by atoms with E-state index in [9.17, 15) is 9.59 Å². The Bertz CT molecular complexity index is 543. The van der Waals surface area contributed by atoms with Crippen molar-refractivity contribution >= 4 is 17.6 Å². The summed E-state index contributed by atoms with van der Waals surface area (Å²) in [6, 6.07) is 6.15. The number of benzene rings is 1. The largest absolute Gasteiger partial charge is 0.423 e. The van der Waals surface area contributed by atoms with E-state index in [4.69, 9.17) is 10.00 Å². The van der Waals surface area contributed by atoms with Gasteiger partial charge in [0.05, 0.1) is 5.69 Å². The van der Waals surface area contributed by atoms with Crippen molar-refractivity contribution in [1.82, 2.24) is 0 Å². The third-order valence-corrected chi connectivity index (χ3v) is 2.05. The molecule has 0 bridgehead atoms. The molecule has 0 aliphatic heterocycles. The van der Waals surface area contributed by atoms with E-state index in [1.807, 2.05) is 0 Å². The first-order valence-corrected chi connectivity index (χ1v) is 5.14. The summed E-state index contributed by atoms with van der Waals surface area (Å²) in [5.74, 6) is -0.721. The molecule has 1 aromatic rings. The van der Waals surface area contributed by atoms with Crippen LogP contribution in [0.1, 0.15) is 13.8 Å². The Labute approximate surface area is 105 Å². The van der Waals surface area contributed by atoms with Crippen LogP contribution in [-0.4, -0.2) is 11.9 Å². The number of carbonyl (C=O) groups is 2. The molecule has 92 valence electrons. The van der Waals surface area contributed by atoms with E-state index in [1.54, 1.807) is 24.4 Å². The van der Waals surface area contributed by atoms with Gasteiger partial charge in [0.25, 0.3) is 0 Å². The predicted molar refractivity (Wildman–Crippen MR) is 65.7 cm³/mol. The molecular weight excluding hydrogens is 232 g/mol. The topological polar surface area (TPSA) is 70.4 Å². The minimum absolute atomic E-state index is 0.252. The molecular formula is C13H12N2O3. The van der Waals surface area contributed by atoms with Crippen molar-refractivity contribution < 1.29 is 14.3 Å². The van der Waals surface area contributed by atoms with Crippen LogP contribution in [0.15, 0.2) is 36.4 Å². The standard InChI is InChI=1S/C13H12N2O3/c1-9(2)13(17)18-12-6-4-5-11(7-12)15(8-14)10(3)16/h4-7H,1H2,2-3H3. The average Bonchev–Trinajstić information content (AvgIpc) is 2.29. The highest BCUT2D eigenvalue weighted by Gasteiger charge is 2.12. The first kappa shape index (κ1) is 13.5. The van der Waals surface area contributed by atoms with Crippen LogP contribution >= 0.6 is 0 Å². The van der Waals surface area contributed by atoms with Crippen molar-refractivity contribution in [3.63, 3.8) is 0 Å². The molecule has 18 heavy (non-hydrogen) atoms. The second-order valence-electron chi connectivity index (χ2n) is 3.62. The van der Waals surface area contributed by atoms with E-state index >= 15 is 0 Å². The molecule has 0 aromatic heterocycles. The molecule has 0 unspecified atom stereocenters. The summed E-state index contributed by atoms with van der Waals surface area (Å²) in [5, 5.41) is 8.84. The van der Waals surface area contributed by atoms with Crippen LogP contribution < -0.4 is 9.64 Å². The van der Waals surface area contributed by atoms with Gasteiger partial charge in [0.15, 0.2) is 6.19 Å². The van der Waals surface area contributed by atoms with Crippen LogP contribution in [0.25, 0.3) is 0 Å². The quantitative estimate of drug-likeness (QED) is 0.268. The molecule has 0 aliphatic carbocycles. The van der Waals surface area contributed by atoms with Crippen molar-refractivity contribution in [2.45, 2.75) is 13.8 Å². The Balaban J connectivity index is 2.99. The summed E-state index contributed by atoms with van der Waals surface area (Å²) in [7, 11) is 0. The first-order chi connectivity index (χ1) is 8.45. The Morgan fingerprint density at radius 1 is 1.39 bits per heavy atom. The van der Waals surface area contributed by atoms with Crippen LogP contribution in [0.5, 0.6) is 5.75 Å². The van der Waals surface area contributed by atoms with Gasteiger partial charge < -0.3 is 4.74 Å². The van der Waals surface area contributed by atoms with Gasteiger partial charge in [-0.2, -0.15) is 5.26 Å². The van der Waals surface area contributed by atoms with E-state index in [0.29, 0.717) is 5.69 Å². The number of hydrogen-bond acceptors (Lipinski definition) is 4. The van der Waals surface area contributed by atoms with Gasteiger partial charge in [-0.15, -0.1) is 0 Å². The summed E-state index contributed by atoms with van der Waals surface area (Å²) in [6.07, 6.45) is 1.75. The number of anilines is 1. The van der Waals surface area contributed by atoms with Gasteiger partial charge in [-0.05, 0) is 19.1 Å². The molecule has 0 saturated heterocycles. The van der Waals surface area contributed by atoms with E-state index in [1.165, 1.54) is 19.9 Å². The zero-order chi connectivity index (χ0) is 13.7. The van der Waals surface area contributed by atoms with Gasteiger partial charge in [0.1, 0.15) is 5.75 Å². The van der Waals surface area contributed by atoms with Crippen molar-refractivity contribution in [3.8, 4) is 11.9 Å². The Morgan fingerprint density at radius 2 is 2.06 bits per heavy atom. The highest BCUT2D eigenvalue weighted by Crippen LogP contribution is 2.21. The van der Waals surface area contributed by atoms with Gasteiger partial charge in [-0.25, -0.2) is 9.69 Å². The maximum Gasteiger partial charge on any atom is 0.338 e. The Kier molecular flexibility index (Phi) is 4.22. The molecule has 0 N–H and O–H groups in total. The molecule has 5 heteroatoms. The number of hydrogen-bond donors (Lipinski definition) is 0. The number of amides is 1. The van der Waals surface area contributed by atoms with Crippen LogP contribution in [0.3, 0.4) is 0 Å². The van der Waals surface area contributed by atoms with Gasteiger partial charge in [-0.1, -0.05) is 12.6 Å². The normalized spacial score (nSPS) is 9.17. The summed E-state index contributed by atoms with van der Waals surface area (Å²) < 4.78 is 5.01. The molecule has 1 amide bonds. The molecule has 1 aromatic carbocycles. The highest BCUT2D eigenvalue weighted by atomic mass is 16.5. The maximum absolute atomic E-state index is 11.3. The molecule has 0 heterocycles. The van der Waals surface area contributed by atoms with Crippen LogP contribution in [0.4, 0.5) is 5.69 Å². The Morgan fingerprint density at radius 3 is 2.56 bits per heavy atom.